The van der Waals surface area contributed by atoms with Crippen LogP contribution >= 0.6 is 35.3 Å². The van der Waals surface area contributed by atoms with Gasteiger partial charge in [0.15, 0.2) is 9.84 Å². The van der Waals surface area contributed by atoms with E-state index in [0.717, 1.165) is 17.0 Å². The van der Waals surface area contributed by atoms with Gasteiger partial charge >= 0.3 is 0 Å². The molecule has 2 amide bonds. The van der Waals surface area contributed by atoms with E-state index >= 15 is 0 Å². The molecule has 0 spiro atoms. The Bertz CT molecular complexity index is 1070. The molecule has 11 heteroatoms. The third-order valence-corrected chi connectivity index (χ3v) is 8.20. The number of nitrogens with zero attached hydrogens (tertiary/aromatic N) is 1. The van der Waals surface area contributed by atoms with Crippen LogP contribution in [0.4, 0.5) is 5.00 Å². The first-order chi connectivity index (χ1) is 14.1. The van der Waals surface area contributed by atoms with Crippen LogP contribution in [0.3, 0.4) is 0 Å². The van der Waals surface area contributed by atoms with Crippen molar-refractivity contribution in [2.75, 3.05) is 17.6 Å². The van der Waals surface area contributed by atoms with Crippen LogP contribution in [0.1, 0.15) is 41.1 Å². The summed E-state index contributed by atoms with van der Waals surface area (Å²) in [4.78, 5) is 27.9. The molecule has 0 bridgehead atoms. The maximum Gasteiger partial charge on any atom is 0.251 e. The molecule has 1 aromatic carbocycles. The lowest BCUT2D eigenvalue weighted by Crippen LogP contribution is -2.35. The van der Waals surface area contributed by atoms with Crippen molar-refractivity contribution >= 4 is 62.0 Å². The molecule has 7 nitrogen and oxygen atoms in total. The van der Waals surface area contributed by atoms with Crippen molar-refractivity contribution in [2.45, 2.75) is 44.2 Å². The van der Waals surface area contributed by atoms with Crippen molar-refractivity contribution in [3.63, 3.8) is 0 Å². The number of carbonyl (C=O) groups is 2. The summed E-state index contributed by atoms with van der Waals surface area (Å²) in [6.07, 6.45) is 0.451. The Morgan fingerprint density at radius 1 is 1.26 bits per heavy atom. The molecule has 2 heterocycles. The van der Waals surface area contributed by atoms with E-state index in [4.69, 9.17) is 17.3 Å². The van der Waals surface area contributed by atoms with Gasteiger partial charge in [0.05, 0.1) is 16.2 Å². The lowest BCUT2D eigenvalue weighted by atomic mass is 10.0. The van der Waals surface area contributed by atoms with Crippen molar-refractivity contribution < 1.29 is 18.0 Å². The lowest BCUT2D eigenvalue weighted by molar-refractivity contribution is -0.115. The van der Waals surface area contributed by atoms with Crippen LogP contribution in [-0.2, 0) is 27.6 Å². The van der Waals surface area contributed by atoms with Crippen molar-refractivity contribution in [3.05, 3.63) is 45.3 Å². The van der Waals surface area contributed by atoms with Gasteiger partial charge < -0.3 is 11.1 Å². The predicted octanol–water partition coefficient (Wildman–Crippen LogP) is 3.49. The van der Waals surface area contributed by atoms with E-state index in [0.29, 0.717) is 34.6 Å². The number of sulfone groups is 1. The highest BCUT2D eigenvalue weighted by Crippen LogP contribution is 2.37. The van der Waals surface area contributed by atoms with E-state index in [9.17, 15) is 18.0 Å². The van der Waals surface area contributed by atoms with E-state index in [-0.39, 0.29) is 29.5 Å². The summed E-state index contributed by atoms with van der Waals surface area (Å²) in [5.41, 5.74) is 6.80. The molecule has 0 aliphatic carbocycles. The number of benzene rings is 1. The summed E-state index contributed by atoms with van der Waals surface area (Å²) in [6.45, 7) is 5.72. The third-order valence-electron chi connectivity index (χ3n) is 5.09. The Hall–Kier alpha value is -1.65. The lowest BCUT2D eigenvalue weighted by Gasteiger charge is -2.30. The van der Waals surface area contributed by atoms with Gasteiger partial charge in [-0.1, -0.05) is 11.6 Å². The number of anilines is 1. The second kappa shape index (κ2) is 10.3. The molecule has 0 saturated carbocycles. The number of halogens is 2. The molecule has 3 rings (SSSR count). The van der Waals surface area contributed by atoms with Gasteiger partial charge in [-0.2, -0.15) is 0 Å². The molecule has 1 aromatic heterocycles. The average Bonchev–Trinajstić information content (AvgIpc) is 3.03. The smallest absolute Gasteiger partial charge is 0.251 e. The van der Waals surface area contributed by atoms with Crippen LogP contribution in [-0.4, -0.2) is 43.5 Å². The first-order valence-corrected chi connectivity index (χ1v) is 12.4. The number of carbonyl (C=O) groups excluding carboxylic acids is 2. The van der Waals surface area contributed by atoms with Gasteiger partial charge in [0.25, 0.3) is 5.91 Å². The van der Waals surface area contributed by atoms with Crippen LogP contribution in [0.15, 0.2) is 29.2 Å². The quantitative estimate of drug-likeness (QED) is 0.598. The summed E-state index contributed by atoms with van der Waals surface area (Å²) in [6, 6.07) is 6.17. The van der Waals surface area contributed by atoms with Gasteiger partial charge in [0.1, 0.15) is 5.00 Å². The van der Waals surface area contributed by atoms with E-state index in [2.05, 4.69) is 24.1 Å². The van der Waals surface area contributed by atoms with Gasteiger partial charge in [0, 0.05) is 35.5 Å². The predicted molar refractivity (Wildman–Crippen MR) is 126 cm³/mol. The highest BCUT2D eigenvalue weighted by Gasteiger charge is 2.28. The Morgan fingerprint density at radius 2 is 1.90 bits per heavy atom. The SMILES string of the molecule is CC(C)N1CCc2c(sc(NC(=O)CCS(=O)(=O)c3ccc(Cl)cc3)c2C(N)=O)C1.Cl. The van der Waals surface area contributed by atoms with E-state index in [1.54, 1.807) is 0 Å². The number of hydrogen-bond donors (Lipinski definition) is 2. The number of hydrogen-bond acceptors (Lipinski definition) is 6. The van der Waals surface area contributed by atoms with Crippen LogP contribution in [0.2, 0.25) is 5.02 Å². The summed E-state index contributed by atoms with van der Waals surface area (Å²) in [5, 5.41) is 3.53. The van der Waals surface area contributed by atoms with Gasteiger partial charge in [-0.3, -0.25) is 14.5 Å². The molecule has 31 heavy (non-hydrogen) atoms. The molecule has 1 aliphatic rings. The number of rotatable bonds is 7. The van der Waals surface area contributed by atoms with Gasteiger partial charge in [-0.05, 0) is 50.1 Å². The minimum Gasteiger partial charge on any atom is -0.365 e. The maximum atomic E-state index is 12.5. The molecular weight excluding hydrogens is 481 g/mol. The van der Waals surface area contributed by atoms with E-state index in [1.807, 2.05) is 0 Å². The molecule has 0 atom stereocenters. The number of thiophene rings is 1. The van der Waals surface area contributed by atoms with E-state index < -0.39 is 21.7 Å². The fourth-order valence-electron chi connectivity index (χ4n) is 3.39. The van der Waals surface area contributed by atoms with Gasteiger partial charge in [0.2, 0.25) is 5.91 Å². The van der Waals surface area contributed by atoms with Crippen LogP contribution in [0.25, 0.3) is 0 Å². The van der Waals surface area contributed by atoms with E-state index in [1.165, 1.54) is 35.6 Å². The zero-order valence-electron chi connectivity index (χ0n) is 17.2. The summed E-state index contributed by atoms with van der Waals surface area (Å²) in [7, 11) is -3.62. The highest BCUT2D eigenvalue weighted by atomic mass is 35.5. The largest absolute Gasteiger partial charge is 0.365 e. The molecule has 1 aliphatic heterocycles. The maximum absolute atomic E-state index is 12.5. The minimum atomic E-state index is -3.62. The fraction of sp³-hybridized carbons (Fsp3) is 0.400. The minimum absolute atomic E-state index is 0. The van der Waals surface area contributed by atoms with Crippen molar-refractivity contribution in [3.8, 4) is 0 Å². The summed E-state index contributed by atoms with van der Waals surface area (Å²) < 4.78 is 24.9. The molecule has 170 valence electrons. The standard InChI is InChI=1S/C20H24ClN3O4S2.ClH/c1-12(2)24-9-7-15-16(11-24)29-20(18(15)19(22)26)23-17(25)8-10-30(27,28)14-5-3-13(21)4-6-14;/h3-6,12H,7-11H2,1-2H3,(H2,22,26)(H,23,25);1H. The van der Waals surface area contributed by atoms with Crippen LogP contribution < -0.4 is 11.1 Å². The molecule has 2 aromatic rings. The molecule has 0 fully saturated rings. The molecule has 3 N–H and O–H groups in total. The second-order valence-corrected chi connectivity index (χ2v) is 11.1. The Labute approximate surface area is 197 Å². The Morgan fingerprint density at radius 3 is 2.48 bits per heavy atom. The monoisotopic (exact) mass is 505 g/mol. The van der Waals surface area contributed by atoms with Crippen LogP contribution in [0, 0.1) is 0 Å². The molecular formula is C20H25Cl2N3O4S2. The zero-order chi connectivity index (χ0) is 22.1. The number of nitrogens with one attached hydrogen (secondary N) is 1. The Kier molecular flexibility index (Phi) is 8.52. The fourth-order valence-corrected chi connectivity index (χ4v) is 6.05. The summed E-state index contributed by atoms with van der Waals surface area (Å²) >= 11 is 7.12. The normalized spacial score (nSPS) is 14.1. The van der Waals surface area contributed by atoms with Gasteiger partial charge in [-0.25, -0.2) is 8.42 Å². The topological polar surface area (TPSA) is 110 Å². The molecule has 0 saturated heterocycles. The molecule has 0 unspecified atom stereocenters. The van der Waals surface area contributed by atoms with Crippen LogP contribution in [0.5, 0.6) is 0 Å². The number of amides is 2. The molecule has 0 radical (unpaired) electrons. The third kappa shape index (κ3) is 5.98. The second-order valence-electron chi connectivity index (χ2n) is 7.46. The number of primary amides is 1. The first kappa shape index (κ1) is 25.6. The average molecular weight is 506 g/mol. The van der Waals surface area contributed by atoms with Crippen molar-refractivity contribution in [1.29, 1.82) is 0 Å². The Balaban J connectivity index is 0.00000341. The number of fused-ring (bicyclic) bond motifs is 1. The summed E-state index contributed by atoms with van der Waals surface area (Å²) in [5.74, 6) is -1.41. The first-order valence-electron chi connectivity index (χ1n) is 9.55. The van der Waals surface area contributed by atoms with Crippen molar-refractivity contribution in [1.82, 2.24) is 4.90 Å². The number of nitrogens with two attached hydrogens (primary N) is 1. The van der Waals surface area contributed by atoms with Crippen molar-refractivity contribution in [2.24, 2.45) is 5.73 Å². The highest BCUT2D eigenvalue weighted by molar-refractivity contribution is 7.91. The zero-order valence-corrected chi connectivity index (χ0v) is 20.4. The van der Waals surface area contributed by atoms with Gasteiger partial charge in [-0.15, -0.1) is 23.7 Å².